The number of likely N-dealkylation sites (N-methyl/N-ethyl adjacent to an activating group) is 1. The maximum atomic E-state index is 14.4. The number of nitrogens with one attached hydrogen (secondary N) is 1. The summed E-state index contributed by atoms with van der Waals surface area (Å²) in [5.74, 6) is -0.920. The third kappa shape index (κ3) is 8.22. The highest BCUT2D eigenvalue weighted by molar-refractivity contribution is 7.92. The normalized spacial score (nSPS) is 11.8. The number of carbonyl (C=O) groups is 2. The van der Waals surface area contributed by atoms with Crippen LogP contribution in [0.15, 0.2) is 102 Å². The zero-order valence-corrected chi connectivity index (χ0v) is 27.1. The first kappa shape index (κ1) is 34.0. The lowest BCUT2D eigenvalue weighted by Crippen LogP contribution is -2.53. The summed E-state index contributed by atoms with van der Waals surface area (Å²) < 4.78 is 54.0. The van der Waals surface area contributed by atoms with Gasteiger partial charge in [0.1, 0.15) is 18.4 Å². The maximum Gasteiger partial charge on any atom is 0.264 e. The summed E-state index contributed by atoms with van der Waals surface area (Å²) in [5, 5.41) is 2.82. The van der Waals surface area contributed by atoms with Gasteiger partial charge in [-0.3, -0.25) is 13.9 Å². The average Bonchev–Trinajstić information content (AvgIpc) is 3.06. The van der Waals surface area contributed by atoms with Crippen molar-refractivity contribution < 1.29 is 31.9 Å². The molecule has 242 valence electrons. The molecule has 0 bridgehead atoms. The van der Waals surface area contributed by atoms with Crippen LogP contribution in [-0.2, 0) is 32.6 Å². The van der Waals surface area contributed by atoms with Crippen molar-refractivity contribution >= 4 is 27.5 Å². The van der Waals surface area contributed by atoms with E-state index >= 15 is 0 Å². The Morgan fingerprint density at radius 1 is 0.848 bits per heavy atom. The van der Waals surface area contributed by atoms with Crippen molar-refractivity contribution in [2.75, 3.05) is 31.6 Å². The van der Waals surface area contributed by atoms with E-state index in [9.17, 15) is 22.4 Å². The van der Waals surface area contributed by atoms with E-state index in [1.807, 2.05) is 37.3 Å². The molecule has 9 nitrogen and oxygen atoms in total. The molecule has 0 aliphatic carbocycles. The number of ether oxygens (including phenoxy) is 2. The van der Waals surface area contributed by atoms with E-state index in [-0.39, 0.29) is 29.3 Å². The van der Waals surface area contributed by atoms with E-state index in [0.717, 1.165) is 15.4 Å². The second-order valence-corrected chi connectivity index (χ2v) is 12.5. The second-order valence-electron chi connectivity index (χ2n) is 10.6. The Bertz CT molecular complexity index is 1730. The highest BCUT2D eigenvalue weighted by atomic mass is 32.2. The molecule has 0 aliphatic rings. The lowest BCUT2D eigenvalue weighted by molar-refractivity contribution is -0.140. The van der Waals surface area contributed by atoms with Crippen molar-refractivity contribution in [1.82, 2.24) is 10.2 Å². The highest BCUT2D eigenvalue weighted by Crippen LogP contribution is 2.32. The van der Waals surface area contributed by atoms with E-state index in [4.69, 9.17) is 9.47 Å². The van der Waals surface area contributed by atoms with Crippen molar-refractivity contribution in [3.8, 4) is 11.5 Å². The third-order valence-corrected chi connectivity index (χ3v) is 9.20. The number of hydrogen-bond acceptors (Lipinski definition) is 6. The number of methoxy groups -OCH3 is 2. The Morgan fingerprint density at radius 3 is 2.11 bits per heavy atom. The quantitative estimate of drug-likeness (QED) is 0.204. The molecular formula is C35H38FN3O6S. The lowest BCUT2D eigenvalue weighted by Gasteiger charge is -2.34. The fourth-order valence-corrected chi connectivity index (χ4v) is 6.41. The number of amides is 2. The van der Waals surface area contributed by atoms with Crippen LogP contribution in [0.4, 0.5) is 10.1 Å². The molecule has 1 unspecified atom stereocenters. The Labute approximate surface area is 269 Å². The minimum absolute atomic E-state index is 0.0636. The molecule has 2 amide bonds. The van der Waals surface area contributed by atoms with E-state index in [1.54, 1.807) is 31.2 Å². The van der Waals surface area contributed by atoms with Crippen LogP contribution in [0, 0.1) is 12.7 Å². The number of rotatable bonds is 14. The largest absolute Gasteiger partial charge is 0.493 e. The van der Waals surface area contributed by atoms with Crippen molar-refractivity contribution in [3.63, 3.8) is 0 Å². The van der Waals surface area contributed by atoms with Crippen molar-refractivity contribution in [2.45, 2.75) is 37.8 Å². The first-order valence-corrected chi connectivity index (χ1v) is 16.2. The number of anilines is 1. The molecule has 11 heteroatoms. The summed E-state index contributed by atoms with van der Waals surface area (Å²) in [5.41, 5.74) is 2.54. The van der Waals surface area contributed by atoms with Gasteiger partial charge in [0, 0.05) is 25.6 Å². The molecule has 0 saturated carbocycles. The minimum atomic E-state index is -4.35. The van der Waals surface area contributed by atoms with Gasteiger partial charge in [-0.2, -0.15) is 0 Å². The predicted octanol–water partition coefficient (Wildman–Crippen LogP) is 5.12. The maximum absolute atomic E-state index is 14.4. The van der Waals surface area contributed by atoms with Crippen LogP contribution < -0.4 is 19.1 Å². The lowest BCUT2D eigenvalue weighted by atomic mass is 10.0. The standard InChI is InChI=1S/C35H38FN3O6S/c1-5-37-35(41)31(21-26-9-7-6-8-10-26)38(23-27-13-15-28(36)16-14-27)34(40)24-39(29-17-11-25(2)12-18-29)46(42,43)30-19-20-32(44-3)33(22-30)45-4/h6-20,22,31H,5,21,23-24H2,1-4H3,(H,37,41). The molecule has 1 atom stereocenters. The summed E-state index contributed by atoms with van der Waals surface area (Å²) in [7, 11) is -1.50. The molecule has 4 aromatic rings. The van der Waals surface area contributed by atoms with Gasteiger partial charge in [-0.1, -0.05) is 60.2 Å². The Hall–Kier alpha value is -4.90. The number of benzene rings is 4. The van der Waals surface area contributed by atoms with Crippen molar-refractivity contribution in [2.24, 2.45) is 0 Å². The SMILES string of the molecule is CCNC(=O)C(Cc1ccccc1)N(Cc1ccc(F)cc1)C(=O)CN(c1ccc(C)cc1)S(=O)(=O)c1ccc(OC)c(OC)c1. The number of nitrogens with zero attached hydrogens (tertiary/aromatic N) is 2. The van der Waals surface area contributed by atoms with Crippen LogP contribution in [0.25, 0.3) is 0 Å². The summed E-state index contributed by atoms with van der Waals surface area (Å²) in [4.78, 5) is 29.2. The van der Waals surface area contributed by atoms with Gasteiger partial charge in [-0.25, -0.2) is 12.8 Å². The number of aryl methyl sites for hydroxylation is 1. The summed E-state index contributed by atoms with van der Waals surface area (Å²) in [6, 6.07) is 24.8. The van der Waals surface area contributed by atoms with Crippen LogP contribution in [0.3, 0.4) is 0 Å². The molecule has 0 saturated heterocycles. The van der Waals surface area contributed by atoms with Gasteiger partial charge in [0.2, 0.25) is 11.8 Å². The average molecular weight is 648 g/mol. The molecule has 0 radical (unpaired) electrons. The zero-order valence-electron chi connectivity index (χ0n) is 26.3. The molecule has 0 aromatic heterocycles. The second kappa shape index (κ2) is 15.4. The van der Waals surface area contributed by atoms with Crippen LogP contribution in [0.5, 0.6) is 11.5 Å². The molecule has 4 rings (SSSR count). The molecule has 0 spiro atoms. The number of halogens is 1. The van der Waals surface area contributed by atoms with Gasteiger partial charge >= 0.3 is 0 Å². The van der Waals surface area contributed by atoms with E-state index in [2.05, 4.69) is 5.32 Å². The number of sulfonamides is 1. The summed E-state index contributed by atoms with van der Waals surface area (Å²) >= 11 is 0. The minimum Gasteiger partial charge on any atom is -0.493 e. The fourth-order valence-electron chi connectivity index (χ4n) is 4.98. The molecular weight excluding hydrogens is 609 g/mol. The fraction of sp³-hybridized carbons (Fsp3) is 0.257. The molecule has 0 aliphatic heterocycles. The monoisotopic (exact) mass is 647 g/mol. The molecule has 0 heterocycles. The van der Waals surface area contributed by atoms with Crippen LogP contribution in [0.1, 0.15) is 23.6 Å². The molecule has 4 aromatic carbocycles. The van der Waals surface area contributed by atoms with Gasteiger partial charge < -0.3 is 19.7 Å². The number of hydrogen-bond donors (Lipinski definition) is 1. The van der Waals surface area contributed by atoms with Gasteiger partial charge in [-0.15, -0.1) is 0 Å². The Balaban J connectivity index is 1.81. The van der Waals surface area contributed by atoms with Crippen molar-refractivity contribution in [3.05, 3.63) is 120 Å². The van der Waals surface area contributed by atoms with Gasteiger partial charge in [-0.05, 0) is 61.4 Å². The first-order chi connectivity index (χ1) is 22.1. The van der Waals surface area contributed by atoms with E-state index in [0.29, 0.717) is 17.9 Å². The Morgan fingerprint density at radius 2 is 1.50 bits per heavy atom. The smallest absolute Gasteiger partial charge is 0.264 e. The summed E-state index contributed by atoms with van der Waals surface area (Å²) in [6.07, 6.45) is 0.173. The van der Waals surface area contributed by atoms with Crippen LogP contribution in [-0.4, -0.2) is 58.5 Å². The van der Waals surface area contributed by atoms with Gasteiger partial charge in [0.25, 0.3) is 10.0 Å². The highest BCUT2D eigenvalue weighted by Gasteiger charge is 2.35. The van der Waals surface area contributed by atoms with Gasteiger partial charge in [0.05, 0.1) is 24.8 Å². The molecule has 1 N–H and O–H groups in total. The van der Waals surface area contributed by atoms with Crippen LogP contribution in [0.2, 0.25) is 0 Å². The third-order valence-electron chi connectivity index (χ3n) is 7.43. The van der Waals surface area contributed by atoms with Crippen molar-refractivity contribution in [1.29, 1.82) is 0 Å². The van der Waals surface area contributed by atoms with Crippen LogP contribution >= 0.6 is 0 Å². The molecule has 46 heavy (non-hydrogen) atoms. The van der Waals surface area contributed by atoms with E-state index in [1.165, 1.54) is 61.6 Å². The molecule has 0 fully saturated rings. The topological polar surface area (TPSA) is 105 Å². The number of carbonyl (C=O) groups excluding carboxylic acids is 2. The van der Waals surface area contributed by atoms with E-state index < -0.39 is 40.2 Å². The Kier molecular flexibility index (Phi) is 11.4. The van der Waals surface area contributed by atoms with Gasteiger partial charge in [0.15, 0.2) is 11.5 Å². The first-order valence-electron chi connectivity index (χ1n) is 14.7. The zero-order chi connectivity index (χ0) is 33.3. The predicted molar refractivity (Wildman–Crippen MR) is 175 cm³/mol. The summed E-state index contributed by atoms with van der Waals surface area (Å²) in [6.45, 7) is 3.29.